The van der Waals surface area contributed by atoms with Gasteiger partial charge >= 0.3 is 5.97 Å². The van der Waals surface area contributed by atoms with Crippen molar-refractivity contribution in [3.05, 3.63) is 94.3 Å². The van der Waals surface area contributed by atoms with Crippen molar-refractivity contribution in [3.8, 4) is 34.5 Å². The summed E-state index contributed by atoms with van der Waals surface area (Å²) in [5.74, 6) is 0.442. The van der Waals surface area contributed by atoms with Gasteiger partial charge in [0, 0.05) is 49.2 Å². The van der Waals surface area contributed by atoms with E-state index >= 15 is 0 Å². The Labute approximate surface area is 474 Å². The molecule has 20 nitrogen and oxygen atoms in total. The molecule has 3 heterocycles. The molecule has 0 radical (unpaired) electrons. The van der Waals surface area contributed by atoms with Crippen LogP contribution in [-0.4, -0.2) is 138 Å². The number of para-hydroxylation sites is 1. The third-order valence-corrected chi connectivity index (χ3v) is 15.3. The van der Waals surface area contributed by atoms with Gasteiger partial charge in [-0.15, -0.1) is 0 Å². The lowest BCUT2D eigenvalue weighted by molar-refractivity contribution is -0.162. The highest BCUT2D eigenvalue weighted by molar-refractivity contribution is 6.07. The van der Waals surface area contributed by atoms with Crippen LogP contribution >= 0.6 is 0 Å². The fourth-order valence-electron chi connectivity index (χ4n) is 11.0. The van der Waals surface area contributed by atoms with Gasteiger partial charge in [0.1, 0.15) is 29.7 Å². The second kappa shape index (κ2) is 30.2. The van der Waals surface area contributed by atoms with Crippen LogP contribution in [0.3, 0.4) is 0 Å². The lowest BCUT2D eigenvalue weighted by Crippen LogP contribution is -2.52. The summed E-state index contributed by atoms with van der Waals surface area (Å²) in [6.07, 6.45) is 11.1. The van der Waals surface area contributed by atoms with Crippen molar-refractivity contribution in [2.24, 2.45) is 0 Å². The van der Waals surface area contributed by atoms with Crippen molar-refractivity contribution in [3.63, 3.8) is 0 Å². The molecule has 3 aromatic rings. The van der Waals surface area contributed by atoms with Crippen LogP contribution in [0.2, 0.25) is 0 Å². The van der Waals surface area contributed by atoms with E-state index in [9.17, 15) is 33.6 Å². The van der Waals surface area contributed by atoms with Gasteiger partial charge in [-0.1, -0.05) is 62.9 Å². The van der Waals surface area contributed by atoms with E-state index in [4.69, 9.17) is 37.9 Å². The summed E-state index contributed by atoms with van der Waals surface area (Å²) in [6.45, 7) is 3.05. The molecule has 438 valence electrons. The summed E-state index contributed by atoms with van der Waals surface area (Å²) >= 11 is 0. The van der Waals surface area contributed by atoms with Gasteiger partial charge in [0.2, 0.25) is 23.5 Å². The number of benzene rings is 3. The van der Waals surface area contributed by atoms with Crippen LogP contribution in [0.15, 0.2) is 77.6 Å². The summed E-state index contributed by atoms with van der Waals surface area (Å²) in [5, 5.41) is 8.18. The number of carbonyl (C=O) groups excluding carboxylic acids is 7. The second-order valence-corrected chi connectivity index (χ2v) is 20.5. The standard InChI is InChI=1S/C61H79N5O15/c1-7-41(40-34-52(76-4)57(78-6)53(35-40)77-5)59(71)65-32-17-14-21-46(65)61(73)81-49(27-24-39-25-28-50(74-2)51(33-39)75-3)43-19-12-13-22-47(43)79-37-55(68)62-30-15-10-8-9-11-16-31-63-56(69)38-80-48-23-18-20-42-44(48)36-66(60(42)72)45-26-29-54(67)64-58(45)70/h12-13,19-20,22,25,28,33-35,41,45-46,49H,7-11,14-18,21,23-24,26-27,29-32,36-38H2,1-6H3,(H,62,68)(H,63,69)(H,64,67,70)/t41-,45?,46-,49+/m0/s1. The normalized spacial score (nSPS) is 17.7. The van der Waals surface area contributed by atoms with Crippen LogP contribution in [0.25, 0.3) is 0 Å². The van der Waals surface area contributed by atoms with Gasteiger partial charge in [0.25, 0.3) is 17.7 Å². The number of esters is 1. The maximum absolute atomic E-state index is 14.6. The number of imide groups is 1. The van der Waals surface area contributed by atoms with E-state index in [0.29, 0.717) is 121 Å². The number of carbonyl (C=O) groups is 7. The maximum Gasteiger partial charge on any atom is 0.329 e. The molecule has 3 fully saturated rings. The summed E-state index contributed by atoms with van der Waals surface area (Å²) in [7, 11) is 7.72. The molecule has 4 atom stereocenters. The Hall–Kier alpha value is -7.77. The molecule has 81 heavy (non-hydrogen) atoms. The SMILES string of the molecule is CC[C@H](C(=O)N1CCCC[C@H]1C(=O)O[C@H](CCc1ccc(OC)c(OC)c1)c1ccccc1OCC(=O)NCCCCCCCCNC(=O)COC1=C2CN(C3CCC(=O)NC3=O)C(=O)C2=CCC1)c1cc(OC)c(OC)c(OC)c1. The third-order valence-electron chi connectivity index (χ3n) is 15.3. The zero-order valence-electron chi connectivity index (χ0n) is 47.7. The number of hydrogen-bond acceptors (Lipinski definition) is 15. The summed E-state index contributed by atoms with van der Waals surface area (Å²) in [5.41, 5.74) is 3.38. The molecule has 3 saturated heterocycles. The van der Waals surface area contributed by atoms with E-state index in [-0.39, 0.29) is 62.1 Å². The predicted octanol–water partition coefficient (Wildman–Crippen LogP) is 7.11. The van der Waals surface area contributed by atoms with Crippen LogP contribution in [0.1, 0.15) is 132 Å². The predicted molar refractivity (Wildman–Crippen MR) is 299 cm³/mol. The Bertz CT molecular complexity index is 2770. The summed E-state index contributed by atoms with van der Waals surface area (Å²) < 4.78 is 46.4. The summed E-state index contributed by atoms with van der Waals surface area (Å²) in [6, 6.07) is 14.9. The Morgan fingerprint density at radius 2 is 1.38 bits per heavy atom. The van der Waals surface area contributed by atoms with E-state index in [1.807, 2.05) is 43.3 Å². The lowest BCUT2D eigenvalue weighted by Gasteiger charge is -2.37. The number of allylic oxidation sites excluding steroid dienone is 2. The quantitative estimate of drug-likeness (QED) is 0.0343. The molecule has 0 bridgehead atoms. The highest BCUT2D eigenvalue weighted by Crippen LogP contribution is 2.42. The molecular weight excluding hydrogens is 1040 g/mol. The Morgan fingerprint density at radius 3 is 2.04 bits per heavy atom. The van der Waals surface area contributed by atoms with E-state index in [1.54, 1.807) is 43.4 Å². The van der Waals surface area contributed by atoms with Crippen molar-refractivity contribution in [1.82, 2.24) is 25.8 Å². The summed E-state index contributed by atoms with van der Waals surface area (Å²) in [4.78, 5) is 95.4. The molecule has 20 heteroatoms. The fourth-order valence-corrected chi connectivity index (χ4v) is 11.0. The topological polar surface area (TPSA) is 236 Å². The smallest absolute Gasteiger partial charge is 0.329 e. The number of nitrogens with zero attached hydrogens (tertiary/aromatic N) is 2. The first-order valence-corrected chi connectivity index (χ1v) is 28.3. The monoisotopic (exact) mass is 1120 g/mol. The number of ether oxygens (including phenoxy) is 8. The van der Waals surface area contributed by atoms with Gasteiger partial charge in [0.05, 0.1) is 48.0 Å². The van der Waals surface area contributed by atoms with E-state index in [1.165, 1.54) is 26.2 Å². The second-order valence-electron chi connectivity index (χ2n) is 20.5. The van der Waals surface area contributed by atoms with Crippen molar-refractivity contribution < 1.29 is 71.5 Å². The highest BCUT2D eigenvalue weighted by Gasteiger charge is 2.43. The number of methoxy groups -OCH3 is 5. The number of rotatable bonds is 30. The average molecular weight is 1120 g/mol. The van der Waals surface area contributed by atoms with Crippen LogP contribution in [0.5, 0.6) is 34.5 Å². The van der Waals surface area contributed by atoms with Crippen LogP contribution < -0.4 is 44.4 Å². The average Bonchev–Trinajstić information content (AvgIpc) is 3.82. The number of piperidine rings is 2. The van der Waals surface area contributed by atoms with Crippen LogP contribution in [-0.2, 0) is 49.5 Å². The molecule has 6 amide bonds. The molecule has 1 unspecified atom stereocenters. The number of hydrogen-bond donors (Lipinski definition) is 3. The van der Waals surface area contributed by atoms with Crippen molar-refractivity contribution in [1.29, 1.82) is 0 Å². The third kappa shape index (κ3) is 15.8. The largest absolute Gasteiger partial charge is 0.493 e. The Kier molecular flexibility index (Phi) is 22.7. The van der Waals surface area contributed by atoms with Crippen molar-refractivity contribution in [2.45, 2.75) is 134 Å². The Balaban J connectivity index is 0.870. The molecule has 1 aliphatic carbocycles. The van der Waals surface area contributed by atoms with Crippen LogP contribution in [0, 0.1) is 0 Å². The zero-order valence-corrected chi connectivity index (χ0v) is 47.7. The van der Waals surface area contributed by atoms with Crippen LogP contribution in [0.4, 0.5) is 0 Å². The van der Waals surface area contributed by atoms with Gasteiger partial charge in [-0.05, 0) is 106 Å². The molecular formula is C61H79N5O15. The number of nitrogens with one attached hydrogen (secondary N) is 3. The van der Waals surface area contributed by atoms with Gasteiger partial charge in [0.15, 0.2) is 36.2 Å². The minimum atomic E-state index is -0.838. The minimum absolute atomic E-state index is 0.173. The minimum Gasteiger partial charge on any atom is -0.493 e. The highest BCUT2D eigenvalue weighted by atomic mass is 16.6. The number of likely N-dealkylation sites (tertiary alicyclic amines) is 2. The van der Waals surface area contributed by atoms with E-state index < -0.39 is 36.0 Å². The number of aryl methyl sites for hydroxylation is 1. The van der Waals surface area contributed by atoms with Gasteiger partial charge < -0.3 is 58.3 Å². The lowest BCUT2D eigenvalue weighted by atomic mass is 9.91. The number of amides is 6. The zero-order chi connectivity index (χ0) is 57.8. The van der Waals surface area contributed by atoms with Gasteiger partial charge in [-0.25, -0.2) is 4.79 Å². The van der Waals surface area contributed by atoms with Gasteiger partial charge in [-0.2, -0.15) is 0 Å². The van der Waals surface area contributed by atoms with Gasteiger partial charge in [-0.3, -0.25) is 34.1 Å². The molecule has 7 rings (SSSR count). The number of fused-ring (bicyclic) bond motifs is 1. The van der Waals surface area contributed by atoms with E-state index in [2.05, 4.69) is 16.0 Å². The first-order chi connectivity index (χ1) is 39.3. The molecule has 0 saturated carbocycles. The van der Waals surface area contributed by atoms with E-state index in [0.717, 1.165) is 56.9 Å². The maximum atomic E-state index is 14.6. The fraction of sp³-hybridized carbons (Fsp3) is 0.525. The molecule has 4 aliphatic rings. The molecule has 3 aliphatic heterocycles. The van der Waals surface area contributed by atoms with Crippen molar-refractivity contribution >= 4 is 41.4 Å². The molecule has 3 aromatic carbocycles. The molecule has 0 aromatic heterocycles. The molecule has 0 spiro atoms. The first-order valence-electron chi connectivity index (χ1n) is 28.3. The Morgan fingerprint density at radius 1 is 0.716 bits per heavy atom. The number of unbranched alkanes of at least 4 members (excludes halogenated alkanes) is 5. The van der Waals surface area contributed by atoms with Crippen molar-refractivity contribution in [2.75, 3.05) is 74.9 Å². The first kappa shape index (κ1) is 60.9. The molecule has 3 N–H and O–H groups in total.